The summed E-state index contributed by atoms with van der Waals surface area (Å²) in [4.78, 5) is 2.23. The first kappa shape index (κ1) is 9.88. The molecule has 0 amide bonds. The number of thioether (sulfide) groups is 1. The topological polar surface area (TPSA) is 27.0 Å². The van der Waals surface area contributed by atoms with Crippen molar-refractivity contribution >= 4 is 11.8 Å². The molecule has 0 aromatic rings. The van der Waals surface area contributed by atoms with Crippen LogP contribution >= 0.6 is 11.8 Å². The van der Waals surface area contributed by atoms with Gasteiger partial charge in [0, 0.05) is 5.54 Å². The molecule has 1 saturated heterocycles. The summed E-state index contributed by atoms with van der Waals surface area (Å²) in [6.07, 6.45) is 3.01. The zero-order chi connectivity index (χ0) is 9.03. The van der Waals surface area contributed by atoms with E-state index in [0.717, 1.165) is 12.8 Å². The van der Waals surface area contributed by atoms with Gasteiger partial charge in [0.25, 0.3) is 0 Å². The van der Waals surface area contributed by atoms with Crippen LogP contribution in [0, 0.1) is 11.3 Å². The van der Waals surface area contributed by atoms with Crippen molar-refractivity contribution in [1.29, 1.82) is 5.26 Å². The highest BCUT2D eigenvalue weighted by Crippen LogP contribution is 2.33. The van der Waals surface area contributed by atoms with Crippen molar-refractivity contribution < 1.29 is 0 Å². The van der Waals surface area contributed by atoms with Crippen molar-refractivity contribution in [3.05, 3.63) is 0 Å². The van der Waals surface area contributed by atoms with Gasteiger partial charge in [-0.1, -0.05) is 0 Å². The molecule has 0 aliphatic carbocycles. The predicted octanol–water partition coefficient (Wildman–Crippen LogP) is 1.73. The predicted molar refractivity (Wildman–Crippen MR) is 53.2 cm³/mol. The highest BCUT2D eigenvalue weighted by Gasteiger charge is 2.33. The lowest BCUT2D eigenvalue weighted by molar-refractivity contribution is 0.143. The lowest BCUT2D eigenvalue weighted by atomic mass is 9.88. The fraction of sp³-hybridized carbons (Fsp3) is 0.889. The van der Waals surface area contributed by atoms with Crippen LogP contribution in [0.5, 0.6) is 0 Å². The van der Waals surface area contributed by atoms with Gasteiger partial charge in [-0.2, -0.15) is 17.0 Å². The molecule has 0 atom stereocenters. The lowest BCUT2D eigenvalue weighted by Gasteiger charge is -2.41. The van der Waals surface area contributed by atoms with Crippen molar-refractivity contribution in [1.82, 2.24) is 4.90 Å². The summed E-state index contributed by atoms with van der Waals surface area (Å²) in [5.41, 5.74) is 0.181. The van der Waals surface area contributed by atoms with Crippen molar-refractivity contribution in [2.24, 2.45) is 0 Å². The minimum atomic E-state index is 0.181. The Bertz CT molecular complexity index is 177. The van der Waals surface area contributed by atoms with Crippen LogP contribution in [-0.4, -0.2) is 36.0 Å². The molecule has 0 aromatic heterocycles. The number of rotatable bonds is 2. The SMILES string of the molecule is CN(C)C1(CC#N)CCSCC1. The van der Waals surface area contributed by atoms with E-state index in [1.165, 1.54) is 11.5 Å². The van der Waals surface area contributed by atoms with Gasteiger partial charge in [0.1, 0.15) is 0 Å². The number of hydrogen-bond acceptors (Lipinski definition) is 3. The first-order valence-corrected chi connectivity index (χ1v) is 5.49. The molecule has 1 aliphatic rings. The average Bonchev–Trinajstić information content (AvgIpc) is 2.06. The van der Waals surface area contributed by atoms with E-state index in [1.807, 2.05) is 11.8 Å². The zero-order valence-electron chi connectivity index (χ0n) is 7.84. The quantitative estimate of drug-likeness (QED) is 0.654. The monoisotopic (exact) mass is 184 g/mol. The molecule has 2 nitrogen and oxygen atoms in total. The third-order valence-corrected chi connectivity index (χ3v) is 3.77. The second-order valence-electron chi connectivity index (χ2n) is 3.57. The molecule has 0 N–H and O–H groups in total. The van der Waals surface area contributed by atoms with Gasteiger partial charge in [-0.15, -0.1) is 0 Å². The lowest BCUT2D eigenvalue weighted by Crippen LogP contribution is -2.46. The molecule has 0 aromatic carbocycles. The summed E-state index contributed by atoms with van der Waals surface area (Å²) < 4.78 is 0. The van der Waals surface area contributed by atoms with Crippen LogP contribution in [0.3, 0.4) is 0 Å². The molecule has 12 heavy (non-hydrogen) atoms. The van der Waals surface area contributed by atoms with Crippen molar-refractivity contribution in [2.75, 3.05) is 25.6 Å². The number of hydrogen-bond donors (Lipinski definition) is 0. The third-order valence-electron chi connectivity index (χ3n) is 2.78. The van der Waals surface area contributed by atoms with Crippen LogP contribution in [0.1, 0.15) is 19.3 Å². The standard InChI is InChI=1S/C9H16N2S/c1-11(2)9(3-6-10)4-7-12-8-5-9/h3-5,7-8H2,1-2H3. The van der Waals surface area contributed by atoms with Gasteiger partial charge in [-0.05, 0) is 38.4 Å². The Kier molecular flexibility index (Phi) is 3.42. The highest BCUT2D eigenvalue weighted by atomic mass is 32.2. The molecule has 0 radical (unpaired) electrons. The van der Waals surface area contributed by atoms with E-state index in [1.54, 1.807) is 0 Å². The maximum Gasteiger partial charge on any atom is 0.0641 e. The van der Waals surface area contributed by atoms with Gasteiger partial charge >= 0.3 is 0 Å². The molecular weight excluding hydrogens is 168 g/mol. The van der Waals surface area contributed by atoms with Crippen molar-refractivity contribution in [2.45, 2.75) is 24.8 Å². The molecule has 1 aliphatic heterocycles. The summed E-state index contributed by atoms with van der Waals surface area (Å²) in [6, 6.07) is 2.31. The Hall–Kier alpha value is -0.200. The molecular formula is C9H16N2S. The smallest absolute Gasteiger partial charge is 0.0641 e. The Morgan fingerprint density at radius 1 is 1.42 bits per heavy atom. The van der Waals surface area contributed by atoms with E-state index >= 15 is 0 Å². The Balaban J connectivity index is 2.64. The maximum atomic E-state index is 8.75. The summed E-state index contributed by atoms with van der Waals surface area (Å²) in [5.74, 6) is 2.42. The maximum absolute atomic E-state index is 8.75. The van der Waals surface area contributed by atoms with Crippen LogP contribution in [0.4, 0.5) is 0 Å². The Morgan fingerprint density at radius 2 is 2.00 bits per heavy atom. The van der Waals surface area contributed by atoms with E-state index in [2.05, 4.69) is 25.1 Å². The normalized spacial score (nSPS) is 22.2. The van der Waals surface area contributed by atoms with Crippen molar-refractivity contribution in [3.63, 3.8) is 0 Å². The average molecular weight is 184 g/mol. The van der Waals surface area contributed by atoms with E-state index in [4.69, 9.17) is 5.26 Å². The summed E-state index contributed by atoms with van der Waals surface area (Å²) >= 11 is 2.00. The van der Waals surface area contributed by atoms with Gasteiger partial charge in [-0.3, -0.25) is 0 Å². The van der Waals surface area contributed by atoms with E-state index in [0.29, 0.717) is 6.42 Å². The van der Waals surface area contributed by atoms with E-state index in [9.17, 15) is 0 Å². The largest absolute Gasteiger partial charge is 0.303 e. The molecule has 0 unspecified atom stereocenters. The van der Waals surface area contributed by atoms with Crippen LogP contribution < -0.4 is 0 Å². The van der Waals surface area contributed by atoms with Crippen molar-refractivity contribution in [3.8, 4) is 6.07 Å². The summed E-state index contributed by atoms with van der Waals surface area (Å²) in [6.45, 7) is 0. The molecule has 0 spiro atoms. The number of nitrogens with zero attached hydrogens (tertiary/aromatic N) is 2. The minimum absolute atomic E-state index is 0.181. The van der Waals surface area contributed by atoms with Crippen LogP contribution in [0.25, 0.3) is 0 Å². The highest BCUT2D eigenvalue weighted by molar-refractivity contribution is 7.99. The van der Waals surface area contributed by atoms with Crippen LogP contribution in [0.15, 0.2) is 0 Å². The van der Waals surface area contributed by atoms with E-state index < -0.39 is 0 Å². The fourth-order valence-corrected chi connectivity index (χ4v) is 2.93. The van der Waals surface area contributed by atoms with Crippen LogP contribution in [-0.2, 0) is 0 Å². The fourth-order valence-electron chi connectivity index (χ4n) is 1.68. The number of nitriles is 1. The van der Waals surface area contributed by atoms with Gasteiger partial charge in [0.05, 0.1) is 12.5 Å². The Labute approximate surface area is 78.9 Å². The summed E-state index contributed by atoms with van der Waals surface area (Å²) in [7, 11) is 4.18. The molecule has 3 heteroatoms. The van der Waals surface area contributed by atoms with E-state index in [-0.39, 0.29) is 5.54 Å². The molecule has 1 heterocycles. The first-order valence-electron chi connectivity index (χ1n) is 4.33. The van der Waals surface area contributed by atoms with Gasteiger partial charge in [0.15, 0.2) is 0 Å². The summed E-state index contributed by atoms with van der Waals surface area (Å²) in [5, 5.41) is 8.75. The third kappa shape index (κ3) is 1.94. The first-order chi connectivity index (χ1) is 5.71. The molecule has 0 saturated carbocycles. The molecule has 1 rings (SSSR count). The minimum Gasteiger partial charge on any atom is -0.303 e. The molecule has 68 valence electrons. The van der Waals surface area contributed by atoms with Crippen LogP contribution in [0.2, 0.25) is 0 Å². The van der Waals surface area contributed by atoms with Gasteiger partial charge < -0.3 is 4.90 Å². The second-order valence-corrected chi connectivity index (χ2v) is 4.79. The Morgan fingerprint density at radius 3 is 2.42 bits per heavy atom. The van der Waals surface area contributed by atoms with Gasteiger partial charge in [-0.25, -0.2) is 0 Å². The molecule has 1 fully saturated rings. The second kappa shape index (κ2) is 4.15. The zero-order valence-corrected chi connectivity index (χ0v) is 8.65. The molecule has 0 bridgehead atoms. The van der Waals surface area contributed by atoms with Gasteiger partial charge in [0.2, 0.25) is 0 Å².